The molecule has 2 rings (SSSR count). The molecule has 2 heterocycles. The Kier molecular flexibility index (Phi) is 4.27. The summed E-state index contributed by atoms with van der Waals surface area (Å²) in [7, 11) is 0. The molecule has 0 spiro atoms. The third-order valence-electron chi connectivity index (χ3n) is 2.58. The SMILES string of the molecule is CCCn1ccnc(NCCc2nc(C)no2)c1=O. The van der Waals surface area contributed by atoms with Crippen LogP contribution in [0.1, 0.15) is 25.1 Å². The van der Waals surface area contributed by atoms with Crippen LogP contribution >= 0.6 is 0 Å². The Bertz CT molecular complexity index is 590. The van der Waals surface area contributed by atoms with Crippen LogP contribution in [0.3, 0.4) is 0 Å². The third-order valence-corrected chi connectivity index (χ3v) is 2.58. The summed E-state index contributed by atoms with van der Waals surface area (Å²) >= 11 is 0. The number of rotatable bonds is 6. The van der Waals surface area contributed by atoms with E-state index in [1.54, 1.807) is 23.9 Å². The molecule has 2 aromatic rings. The molecule has 0 aromatic carbocycles. The lowest BCUT2D eigenvalue weighted by Gasteiger charge is -2.07. The van der Waals surface area contributed by atoms with Crippen molar-refractivity contribution in [3.05, 3.63) is 34.5 Å². The van der Waals surface area contributed by atoms with Gasteiger partial charge in [0.15, 0.2) is 11.6 Å². The molecule has 0 unspecified atom stereocenters. The molecular formula is C12H17N5O2. The van der Waals surface area contributed by atoms with E-state index in [1.807, 2.05) is 6.92 Å². The zero-order valence-electron chi connectivity index (χ0n) is 11.1. The zero-order chi connectivity index (χ0) is 13.7. The fourth-order valence-corrected chi connectivity index (χ4v) is 1.71. The summed E-state index contributed by atoms with van der Waals surface area (Å²) in [6.07, 6.45) is 4.78. The maximum atomic E-state index is 12.0. The number of nitrogens with one attached hydrogen (secondary N) is 1. The van der Waals surface area contributed by atoms with Gasteiger partial charge in [0.2, 0.25) is 5.89 Å². The summed E-state index contributed by atoms with van der Waals surface area (Å²) in [5.74, 6) is 1.51. The molecule has 7 heteroatoms. The monoisotopic (exact) mass is 263 g/mol. The molecule has 102 valence electrons. The Balaban J connectivity index is 1.96. The van der Waals surface area contributed by atoms with Crippen LogP contribution in [-0.4, -0.2) is 26.2 Å². The maximum Gasteiger partial charge on any atom is 0.293 e. The molecule has 0 radical (unpaired) electrons. The summed E-state index contributed by atoms with van der Waals surface area (Å²) in [5, 5.41) is 6.70. The van der Waals surface area contributed by atoms with Crippen molar-refractivity contribution in [2.75, 3.05) is 11.9 Å². The molecule has 0 saturated heterocycles. The lowest BCUT2D eigenvalue weighted by molar-refractivity contribution is 0.377. The minimum Gasteiger partial charge on any atom is -0.365 e. The lowest BCUT2D eigenvalue weighted by atomic mass is 10.4. The van der Waals surface area contributed by atoms with Gasteiger partial charge in [-0.3, -0.25) is 4.79 Å². The van der Waals surface area contributed by atoms with Crippen molar-refractivity contribution in [3.8, 4) is 0 Å². The Morgan fingerprint density at radius 3 is 3.00 bits per heavy atom. The zero-order valence-corrected chi connectivity index (χ0v) is 11.1. The topological polar surface area (TPSA) is 85.8 Å². The van der Waals surface area contributed by atoms with Crippen molar-refractivity contribution in [1.29, 1.82) is 0 Å². The van der Waals surface area contributed by atoms with Crippen LogP contribution in [0.5, 0.6) is 0 Å². The summed E-state index contributed by atoms with van der Waals surface area (Å²) in [4.78, 5) is 20.1. The molecular weight excluding hydrogens is 246 g/mol. The first-order valence-corrected chi connectivity index (χ1v) is 6.29. The molecule has 0 saturated carbocycles. The van der Waals surface area contributed by atoms with E-state index < -0.39 is 0 Å². The first-order valence-electron chi connectivity index (χ1n) is 6.29. The van der Waals surface area contributed by atoms with Crippen molar-refractivity contribution in [2.24, 2.45) is 0 Å². The second-order valence-electron chi connectivity index (χ2n) is 4.19. The molecule has 0 aliphatic heterocycles. The first-order chi connectivity index (χ1) is 9.20. The number of hydrogen-bond donors (Lipinski definition) is 1. The Morgan fingerprint density at radius 1 is 1.47 bits per heavy atom. The number of aromatic nitrogens is 4. The standard InChI is InChI=1S/C12H17N5O2/c1-3-7-17-8-6-14-11(12(17)18)13-5-4-10-15-9(2)16-19-10/h6,8H,3-5,7H2,1-2H3,(H,13,14). The first kappa shape index (κ1) is 13.3. The second-order valence-corrected chi connectivity index (χ2v) is 4.19. The van der Waals surface area contributed by atoms with E-state index in [4.69, 9.17) is 4.52 Å². The average Bonchev–Trinajstić information content (AvgIpc) is 2.80. The van der Waals surface area contributed by atoms with E-state index in [2.05, 4.69) is 20.4 Å². The number of nitrogens with zero attached hydrogens (tertiary/aromatic N) is 4. The van der Waals surface area contributed by atoms with Gasteiger partial charge in [-0.1, -0.05) is 12.1 Å². The maximum absolute atomic E-state index is 12.0. The van der Waals surface area contributed by atoms with Crippen LogP contribution in [-0.2, 0) is 13.0 Å². The minimum atomic E-state index is -0.106. The van der Waals surface area contributed by atoms with E-state index in [0.29, 0.717) is 37.0 Å². The molecule has 0 aliphatic carbocycles. The predicted octanol–water partition coefficient (Wildman–Crippen LogP) is 0.999. The molecule has 1 N–H and O–H groups in total. The van der Waals surface area contributed by atoms with Crippen LogP contribution in [0.4, 0.5) is 5.82 Å². The number of anilines is 1. The second kappa shape index (κ2) is 6.12. The molecule has 0 amide bonds. The minimum absolute atomic E-state index is 0.106. The summed E-state index contributed by atoms with van der Waals surface area (Å²) in [5.41, 5.74) is -0.106. The highest BCUT2D eigenvalue weighted by molar-refractivity contribution is 5.30. The molecule has 7 nitrogen and oxygen atoms in total. The smallest absolute Gasteiger partial charge is 0.293 e. The molecule has 0 aliphatic rings. The van der Waals surface area contributed by atoms with Crippen molar-refractivity contribution in [1.82, 2.24) is 19.7 Å². The summed E-state index contributed by atoms with van der Waals surface area (Å²) in [6.45, 7) is 5.01. The van der Waals surface area contributed by atoms with Crippen LogP contribution in [0.25, 0.3) is 0 Å². The predicted molar refractivity (Wildman–Crippen MR) is 70.0 cm³/mol. The van der Waals surface area contributed by atoms with Crippen molar-refractivity contribution >= 4 is 5.82 Å². The van der Waals surface area contributed by atoms with Crippen molar-refractivity contribution in [3.63, 3.8) is 0 Å². The van der Waals surface area contributed by atoms with Gasteiger partial charge in [-0.2, -0.15) is 4.98 Å². The van der Waals surface area contributed by atoms with Gasteiger partial charge in [0.05, 0.1) is 0 Å². The highest BCUT2D eigenvalue weighted by Crippen LogP contribution is 1.99. The summed E-state index contributed by atoms with van der Waals surface area (Å²) < 4.78 is 6.63. The van der Waals surface area contributed by atoms with Crippen molar-refractivity contribution in [2.45, 2.75) is 33.2 Å². The molecule has 0 fully saturated rings. The fourth-order valence-electron chi connectivity index (χ4n) is 1.71. The highest BCUT2D eigenvalue weighted by atomic mass is 16.5. The van der Waals surface area contributed by atoms with Crippen LogP contribution in [0.2, 0.25) is 0 Å². The van der Waals surface area contributed by atoms with E-state index in [0.717, 1.165) is 6.42 Å². The largest absolute Gasteiger partial charge is 0.365 e. The normalized spacial score (nSPS) is 10.6. The number of hydrogen-bond acceptors (Lipinski definition) is 6. The van der Waals surface area contributed by atoms with Gasteiger partial charge < -0.3 is 14.4 Å². The summed E-state index contributed by atoms with van der Waals surface area (Å²) in [6, 6.07) is 0. The van der Waals surface area contributed by atoms with Gasteiger partial charge in [-0.25, -0.2) is 4.98 Å². The molecule has 0 atom stereocenters. The molecule has 2 aromatic heterocycles. The molecule has 19 heavy (non-hydrogen) atoms. The Labute approximate surface area is 110 Å². The van der Waals surface area contributed by atoms with Gasteiger partial charge in [0, 0.05) is 31.9 Å². The van der Waals surface area contributed by atoms with Crippen LogP contribution in [0, 0.1) is 6.92 Å². The van der Waals surface area contributed by atoms with E-state index in [-0.39, 0.29) is 5.56 Å². The van der Waals surface area contributed by atoms with Crippen LogP contribution in [0.15, 0.2) is 21.7 Å². The van der Waals surface area contributed by atoms with Crippen molar-refractivity contribution < 1.29 is 4.52 Å². The molecule has 0 bridgehead atoms. The Hall–Kier alpha value is -2.18. The quantitative estimate of drug-likeness (QED) is 0.836. The Morgan fingerprint density at radius 2 is 2.32 bits per heavy atom. The third kappa shape index (κ3) is 3.40. The van der Waals surface area contributed by atoms with Gasteiger partial charge in [0.1, 0.15) is 0 Å². The average molecular weight is 263 g/mol. The van der Waals surface area contributed by atoms with E-state index >= 15 is 0 Å². The van der Waals surface area contributed by atoms with Crippen LogP contribution < -0.4 is 10.9 Å². The van der Waals surface area contributed by atoms with Gasteiger partial charge in [-0.15, -0.1) is 0 Å². The van der Waals surface area contributed by atoms with Gasteiger partial charge in [0.25, 0.3) is 5.56 Å². The van der Waals surface area contributed by atoms with Gasteiger partial charge >= 0.3 is 0 Å². The lowest BCUT2D eigenvalue weighted by Crippen LogP contribution is -2.25. The van der Waals surface area contributed by atoms with E-state index in [9.17, 15) is 4.79 Å². The van der Waals surface area contributed by atoms with E-state index in [1.165, 1.54) is 0 Å². The number of aryl methyl sites for hydroxylation is 2. The fraction of sp³-hybridized carbons (Fsp3) is 0.500. The van der Waals surface area contributed by atoms with Gasteiger partial charge in [-0.05, 0) is 13.3 Å². The highest BCUT2D eigenvalue weighted by Gasteiger charge is 2.05.